The number of hydrogen-bond donors (Lipinski definition) is 2. The molecule has 0 fully saturated rings. The molecule has 2 aromatic heterocycles. The van der Waals surface area contributed by atoms with Gasteiger partial charge in [0.1, 0.15) is 11.6 Å². The van der Waals surface area contributed by atoms with E-state index in [1.807, 2.05) is 23.8 Å². The van der Waals surface area contributed by atoms with Crippen molar-refractivity contribution in [3.05, 3.63) is 40.1 Å². The lowest BCUT2D eigenvalue weighted by atomic mass is 10.1. The minimum absolute atomic E-state index is 0.0417. The van der Waals surface area contributed by atoms with E-state index in [4.69, 9.17) is 5.73 Å². The van der Waals surface area contributed by atoms with Crippen molar-refractivity contribution >= 4 is 23.0 Å². The molecule has 1 atom stereocenters. The van der Waals surface area contributed by atoms with Crippen LogP contribution in [-0.2, 0) is 12.6 Å². The number of hydrogen-bond acceptors (Lipinski definition) is 4. The maximum atomic E-state index is 12.7. The molecule has 0 spiro atoms. The molecule has 0 aliphatic carbocycles. The molecule has 2 aromatic rings. The number of nitrogen functional groups attached to an aromatic ring is 1. The number of pyridine rings is 1. The summed E-state index contributed by atoms with van der Waals surface area (Å²) in [6.07, 6.45) is -3.72. The Morgan fingerprint density at radius 2 is 2.15 bits per heavy atom. The molecule has 0 saturated carbocycles. The highest BCUT2D eigenvalue weighted by Crippen LogP contribution is 2.31. The standard InChI is InChI=1S/C13H14F3N3S/c1-8(4-9-2-3-20-7-9)18-12-6-10(13(14,15)16)5-11(17)19-12/h2-3,5-8H,4H2,1H3,(H3,17,18,19). The quantitative estimate of drug-likeness (QED) is 0.903. The molecule has 3 N–H and O–H groups in total. The monoisotopic (exact) mass is 301 g/mol. The first-order valence-corrected chi connectivity index (χ1v) is 6.91. The van der Waals surface area contributed by atoms with E-state index in [1.54, 1.807) is 11.3 Å². The van der Waals surface area contributed by atoms with E-state index < -0.39 is 11.7 Å². The zero-order valence-electron chi connectivity index (χ0n) is 10.7. The van der Waals surface area contributed by atoms with Crippen molar-refractivity contribution in [2.45, 2.75) is 25.6 Å². The van der Waals surface area contributed by atoms with Gasteiger partial charge in [-0.3, -0.25) is 0 Å². The number of anilines is 2. The fraction of sp³-hybridized carbons (Fsp3) is 0.308. The zero-order valence-corrected chi connectivity index (χ0v) is 11.6. The first-order chi connectivity index (χ1) is 9.34. The predicted octanol–water partition coefficient (Wildman–Crippen LogP) is 3.79. The molecule has 0 bridgehead atoms. The summed E-state index contributed by atoms with van der Waals surface area (Å²) in [6.45, 7) is 1.88. The second kappa shape index (κ2) is 5.70. The third kappa shape index (κ3) is 3.86. The van der Waals surface area contributed by atoms with Crippen LogP contribution in [0.25, 0.3) is 0 Å². The number of nitrogens with one attached hydrogen (secondary N) is 1. The van der Waals surface area contributed by atoms with Crippen molar-refractivity contribution in [2.75, 3.05) is 11.1 Å². The summed E-state index contributed by atoms with van der Waals surface area (Å²) in [5.41, 5.74) is 5.76. The SMILES string of the molecule is CC(Cc1ccsc1)Nc1cc(C(F)(F)F)cc(N)n1. The molecular weight excluding hydrogens is 287 g/mol. The lowest BCUT2D eigenvalue weighted by Gasteiger charge is -2.16. The number of thiophene rings is 1. The number of nitrogens with two attached hydrogens (primary N) is 1. The predicted molar refractivity (Wildman–Crippen MR) is 74.8 cm³/mol. The van der Waals surface area contributed by atoms with Crippen molar-refractivity contribution in [1.29, 1.82) is 0 Å². The third-order valence-corrected chi connectivity index (χ3v) is 3.42. The highest BCUT2D eigenvalue weighted by atomic mass is 32.1. The number of nitrogens with zero attached hydrogens (tertiary/aromatic N) is 1. The summed E-state index contributed by atoms with van der Waals surface area (Å²) in [7, 11) is 0. The van der Waals surface area contributed by atoms with Gasteiger partial charge in [0.25, 0.3) is 0 Å². The van der Waals surface area contributed by atoms with Crippen LogP contribution < -0.4 is 11.1 Å². The summed E-state index contributed by atoms with van der Waals surface area (Å²) >= 11 is 1.58. The van der Waals surface area contributed by atoms with Gasteiger partial charge in [0.2, 0.25) is 0 Å². The minimum Gasteiger partial charge on any atom is -0.384 e. The Kier molecular flexibility index (Phi) is 4.17. The summed E-state index contributed by atoms with van der Waals surface area (Å²) in [6, 6.07) is 3.74. The summed E-state index contributed by atoms with van der Waals surface area (Å²) in [5.74, 6) is -0.00915. The van der Waals surface area contributed by atoms with E-state index in [0.29, 0.717) is 6.42 Å². The fourth-order valence-corrected chi connectivity index (χ4v) is 2.54. The number of rotatable bonds is 4. The van der Waals surface area contributed by atoms with E-state index in [2.05, 4.69) is 10.3 Å². The van der Waals surface area contributed by atoms with E-state index in [0.717, 1.165) is 17.7 Å². The highest BCUT2D eigenvalue weighted by molar-refractivity contribution is 7.07. The van der Waals surface area contributed by atoms with Gasteiger partial charge in [0.05, 0.1) is 5.56 Å². The van der Waals surface area contributed by atoms with E-state index in [9.17, 15) is 13.2 Å². The van der Waals surface area contributed by atoms with Gasteiger partial charge in [-0.05, 0) is 47.9 Å². The number of aromatic nitrogens is 1. The third-order valence-electron chi connectivity index (χ3n) is 2.69. The Hall–Kier alpha value is -1.76. The van der Waals surface area contributed by atoms with Crippen molar-refractivity contribution < 1.29 is 13.2 Å². The molecule has 1 unspecified atom stereocenters. The molecule has 0 aromatic carbocycles. The van der Waals surface area contributed by atoms with Gasteiger partial charge in [0.15, 0.2) is 0 Å². The molecule has 0 aliphatic rings. The summed E-state index contributed by atoms with van der Waals surface area (Å²) in [4.78, 5) is 3.89. The second-order valence-corrected chi connectivity index (χ2v) is 5.32. The Balaban J connectivity index is 2.11. The average Bonchev–Trinajstić information content (AvgIpc) is 2.79. The van der Waals surface area contributed by atoms with E-state index in [-0.39, 0.29) is 17.7 Å². The van der Waals surface area contributed by atoms with Crippen LogP contribution in [0.3, 0.4) is 0 Å². The van der Waals surface area contributed by atoms with Gasteiger partial charge in [0, 0.05) is 6.04 Å². The molecule has 0 amide bonds. The Labute approximate surface area is 118 Å². The molecule has 0 radical (unpaired) electrons. The fourth-order valence-electron chi connectivity index (χ4n) is 1.86. The van der Waals surface area contributed by atoms with Crippen LogP contribution in [0, 0.1) is 0 Å². The average molecular weight is 301 g/mol. The number of halogens is 3. The van der Waals surface area contributed by atoms with Gasteiger partial charge in [-0.15, -0.1) is 0 Å². The molecular formula is C13H14F3N3S. The number of alkyl halides is 3. The maximum absolute atomic E-state index is 12.7. The molecule has 0 saturated heterocycles. The lowest BCUT2D eigenvalue weighted by molar-refractivity contribution is -0.137. The van der Waals surface area contributed by atoms with Crippen molar-refractivity contribution in [3.63, 3.8) is 0 Å². The topological polar surface area (TPSA) is 50.9 Å². The second-order valence-electron chi connectivity index (χ2n) is 4.54. The summed E-state index contributed by atoms with van der Waals surface area (Å²) in [5, 5.41) is 6.91. The maximum Gasteiger partial charge on any atom is 0.416 e. The largest absolute Gasteiger partial charge is 0.416 e. The summed E-state index contributed by atoms with van der Waals surface area (Å²) < 4.78 is 38.0. The molecule has 3 nitrogen and oxygen atoms in total. The normalized spacial score (nSPS) is 13.2. The van der Waals surface area contributed by atoms with Crippen LogP contribution in [0.1, 0.15) is 18.1 Å². The van der Waals surface area contributed by atoms with Gasteiger partial charge in [-0.1, -0.05) is 0 Å². The van der Waals surface area contributed by atoms with Gasteiger partial charge < -0.3 is 11.1 Å². The van der Waals surface area contributed by atoms with Crippen LogP contribution in [0.5, 0.6) is 0 Å². The van der Waals surface area contributed by atoms with E-state index in [1.165, 1.54) is 0 Å². The first kappa shape index (κ1) is 14.6. The Morgan fingerprint density at radius 1 is 1.40 bits per heavy atom. The molecule has 7 heteroatoms. The molecule has 2 heterocycles. The van der Waals surface area contributed by atoms with Gasteiger partial charge in [-0.25, -0.2) is 4.98 Å². The molecule has 2 rings (SSSR count). The van der Waals surface area contributed by atoms with Crippen LogP contribution in [0.2, 0.25) is 0 Å². The van der Waals surface area contributed by atoms with Crippen molar-refractivity contribution in [1.82, 2.24) is 4.98 Å². The van der Waals surface area contributed by atoms with Crippen LogP contribution in [0.15, 0.2) is 29.0 Å². The van der Waals surface area contributed by atoms with Crippen LogP contribution >= 0.6 is 11.3 Å². The van der Waals surface area contributed by atoms with Crippen LogP contribution in [-0.4, -0.2) is 11.0 Å². The molecule has 0 aliphatic heterocycles. The zero-order chi connectivity index (χ0) is 14.8. The molecule has 20 heavy (non-hydrogen) atoms. The van der Waals surface area contributed by atoms with Gasteiger partial charge in [-0.2, -0.15) is 24.5 Å². The van der Waals surface area contributed by atoms with Crippen molar-refractivity contribution in [3.8, 4) is 0 Å². The Morgan fingerprint density at radius 3 is 2.75 bits per heavy atom. The highest BCUT2D eigenvalue weighted by Gasteiger charge is 2.31. The lowest BCUT2D eigenvalue weighted by Crippen LogP contribution is -2.19. The smallest absolute Gasteiger partial charge is 0.384 e. The first-order valence-electron chi connectivity index (χ1n) is 5.97. The minimum atomic E-state index is -4.43. The van der Waals surface area contributed by atoms with E-state index >= 15 is 0 Å². The molecule has 108 valence electrons. The van der Waals surface area contributed by atoms with Crippen molar-refractivity contribution in [2.24, 2.45) is 0 Å². The van der Waals surface area contributed by atoms with Gasteiger partial charge >= 0.3 is 6.18 Å². The Bertz CT molecular complexity index is 567. The van der Waals surface area contributed by atoms with Crippen LogP contribution in [0.4, 0.5) is 24.8 Å².